The smallest absolute Gasteiger partial charge is 0.393 e. The summed E-state index contributed by atoms with van der Waals surface area (Å²) in [4.78, 5) is 0. The zero-order valence-electron chi connectivity index (χ0n) is 7.42. The maximum atomic E-state index is 12.5. The first-order valence-electron chi connectivity index (χ1n) is 4.02. The van der Waals surface area contributed by atoms with E-state index >= 15 is 0 Å². The van der Waals surface area contributed by atoms with Crippen LogP contribution >= 0.6 is 11.6 Å². The summed E-state index contributed by atoms with van der Waals surface area (Å²) in [6, 6.07) is 3.17. The number of hydrogen-bond donors (Lipinski definition) is 2. The van der Waals surface area contributed by atoms with Crippen molar-refractivity contribution in [3.8, 4) is 0 Å². The van der Waals surface area contributed by atoms with Crippen LogP contribution in [0.1, 0.15) is 17.2 Å². The van der Waals surface area contributed by atoms with Crippen molar-refractivity contribution in [1.29, 1.82) is 0 Å². The number of alkyl halides is 3. The molecule has 1 unspecified atom stereocenters. The van der Waals surface area contributed by atoms with Gasteiger partial charge in [0, 0.05) is 10.6 Å². The number of aliphatic hydroxyl groups is 2. The molecule has 0 spiro atoms. The summed E-state index contributed by atoms with van der Waals surface area (Å²) in [5, 5.41) is 17.6. The molecule has 0 aliphatic heterocycles. The molecule has 2 N–H and O–H groups in total. The van der Waals surface area contributed by atoms with E-state index in [1.807, 2.05) is 0 Å². The highest BCUT2D eigenvalue weighted by molar-refractivity contribution is 6.31. The second-order valence-corrected chi connectivity index (χ2v) is 3.30. The van der Waals surface area contributed by atoms with Crippen LogP contribution in [0, 0.1) is 0 Å². The lowest BCUT2D eigenvalue weighted by molar-refractivity contribution is -0.139. The molecule has 2 nitrogen and oxygen atoms in total. The molecule has 15 heavy (non-hydrogen) atoms. The molecule has 0 aliphatic rings. The van der Waals surface area contributed by atoms with Crippen molar-refractivity contribution in [1.82, 2.24) is 0 Å². The van der Waals surface area contributed by atoms with E-state index in [0.717, 1.165) is 12.1 Å². The molecule has 0 amide bonds. The number of hydrogen-bond acceptors (Lipinski definition) is 2. The molecule has 6 heteroatoms. The van der Waals surface area contributed by atoms with Crippen molar-refractivity contribution < 1.29 is 23.4 Å². The van der Waals surface area contributed by atoms with Crippen molar-refractivity contribution >= 4 is 11.6 Å². The average molecular weight is 241 g/mol. The molecule has 84 valence electrons. The quantitative estimate of drug-likeness (QED) is 0.833. The minimum Gasteiger partial charge on any atom is -0.393 e. The zero-order chi connectivity index (χ0) is 11.6. The molecule has 0 aliphatic carbocycles. The minimum absolute atomic E-state index is 0.216. The summed E-state index contributed by atoms with van der Waals surface area (Å²) in [5.74, 6) is 0. The van der Waals surface area contributed by atoms with Crippen LogP contribution in [0.2, 0.25) is 5.02 Å². The van der Waals surface area contributed by atoms with Gasteiger partial charge in [0.25, 0.3) is 0 Å². The predicted molar refractivity (Wildman–Crippen MR) is 48.5 cm³/mol. The molecule has 0 heterocycles. The fourth-order valence-corrected chi connectivity index (χ4v) is 1.51. The summed E-state index contributed by atoms with van der Waals surface area (Å²) in [5.41, 5.74) is -1.52. The van der Waals surface area contributed by atoms with Gasteiger partial charge in [-0.25, -0.2) is 0 Å². The van der Waals surface area contributed by atoms with Crippen LogP contribution in [-0.2, 0) is 6.18 Å². The van der Waals surface area contributed by atoms with Crippen LogP contribution in [0.15, 0.2) is 18.2 Å². The van der Waals surface area contributed by atoms with Gasteiger partial charge in [-0.05, 0) is 12.1 Å². The van der Waals surface area contributed by atoms with Gasteiger partial charge in [-0.15, -0.1) is 0 Å². The number of rotatable bonds is 2. The van der Waals surface area contributed by atoms with Crippen LogP contribution in [0.25, 0.3) is 0 Å². The molecule has 0 bridgehead atoms. The molecule has 0 fully saturated rings. The number of benzene rings is 1. The van der Waals surface area contributed by atoms with Gasteiger partial charge >= 0.3 is 6.18 Å². The summed E-state index contributed by atoms with van der Waals surface area (Å²) >= 11 is 5.54. The normalized spacial score (nSPS) is 14.0. The van der Waals surface area contributed by atoms with Crippen LogP contribution in [-0.4, -0.2) is 16.8 Å². The lowest BCUT2D eigenvalue weighted by Crippen LogP contribution is -2.14. The zero-order valence-corrected chi connectivity index (χ0v) is 8.18. The minimum atomic E-state index is -4.60. The molecule has 1 rings (SSSR count). The van der Waals surface area contributed by atoms with Crippen LogP contribution in [0.3, 0.4) is 0 Å². The second-order valence-electron chi connectivity index (χ2n) is 2.90. The molecule has 0 saturated carbocycles. The molecule has 1 atom stereocenters. The Kier molecular flexibility index (Phi) is 3.59. The van der Waals surface area contributed by atoms with Gasteiger partial charge < -0.3 is 10.2 Å². The van der Waals surface area contributed by atoms with E-state index in [4.69, 9.17) is 16.7 Å². The van der Waals surface area contributed by atoms with E-state index in [-0.39, 0.29) is 5.02 Å². The Morgan fingerprint density at radius 3 is 2.40 bits per heavy atom. The Morgan fingerprint density at radius 1 is 1.33 bits per heavy atom. The van der Waals surface area contributed by atoms with Crippen molar-refractivity contribution in [3.05, 3.63) is 34.3 Å². The molecule has 1 aromatic carbocycles. The SMILES string of the molecule is OCC(O)c1c(Cl)cccc1C(F)(F)F. The van der Waals surface area contributed by atoms with Crippen LogP contribution < -0.4 is 0 Å². The largest absolute Gasteiger partial charge is 0.416 e. The number of aliphatic hydroxyl groups excluding tert-OH is 2. The second kappa shape index (κ2) is 4.38. The van der Waals surface area contributed by atoms with E-state index in [1.54, 1.807) is 0 Å². The lowest BCUT2D eigenvalue weighted by Gasteiger charge is -2.17. The van der Waals surface area contributed by atoms with Gasteiger partial charge in [0.15, 0.2) is 0 Å². The Labute approximate surface area is 88.9 Å². The summed E-state index contributed by atoms with van der Waals surface area (Å²) in [6.45, 7) is -0.813. The van der Waals surface area contributed by atoms with E-state index in [0.29, 0.717) is 0 Å². The Balaban J connectivity index is 3.33. The highest BCUT2D eigenvalue weighted by Gasteiger charge is 2.35. The maximum absolute atomic E-state index is 12.5. The lowest BCUT2D eigenvalue weighted by atomic mass is 10.0. The highest BCUT2D eigenvalue weighted by Crippen LogP contribution is 2.37. The third-order valence-corrected chi connectivity index (χ3v) is 2.19. The third-order valence-electron chi connectivity index (χ3n) is 1.86. The predicted octanol–water partition coefficient (Wildman–Crippen LogP) is 2.38. The van der Waals surface area contributed by atoms with E-state index in [2.05, 4.69) is 0 Å². The molecular formula is C9H8ClF3O2. The summed E-state index contributed by atoms with van der Waals surface area (Å²) in [6.07, 6.45) is -6.23. The monoisotopic (exact) mass is 240 g/mol. The first-order chi connectivity index (χ1) is 6.88. The summed E-state index contributed by atoms with van der Waals surface area (Å²) in [7, 11) is 0. The average Bonchev–Trinajstić information content (AvgIpc) is 2.15. The van der Waals surface area contributed by atoms with Crippen molar-refractivity contribution in [2.75, 3.05) is 6.61 Å². The van der Waals surface area contributed by atoms with E-state index in [9.17, 15) is 18.3 Å². The molecule has 1 aromatic rings. The highest BCUT2D eigenvalue weighted by atomic mass is 35.5. The standard InChI is InChI=1S/C9H8ClF3O2/c10-6-3-1-2-5(9(11,12)13)8(6)7(15)4-14/h1-3,7,14-15H,4H2. The topological polar surface area (TPSA) is 40.5 Å². The molecular weight excluding hydrogens is 233 g/mol. The first-order valence-corrected chi connectivity index (χ1v) is 4.40. The van der Waals surface area contributed by atoms with Crippen molar-refractivity contribution in [3.63, 3.8) is 0 Å². The molecule has 0 radical (unpaired) electrons. The van der Waals surface area contributed by atoms with Gasteiger partial charge in [0.05, 0.1) is 12.2 Å². The van der Waals surface area contributed by atoms with Gasteiger partial charge in [0.1, 0.15) is 6.10 Å². The Morgan fingerprint density at radius 2 is 1.93 bits per heavy atom. The Bertz CT molecular complexity index is 352. The van der Waals surface area contributed by atoms with Gasteiger partial charge in [-0.2, -0.15) is 13.2 Å². The van der Waals surface area contributed by atoms with Crippen molar-refractivity contribution in [2.24, 2.45) is 0 Å². The number of halogens is 4. The molecule has 0 aromatic heterocycles. The maximum Gasteiger partial charge on any atom is 0.416 e. The first kappa shape index (κ1) is 12.3. The van der Waals surface area contributed by atoms with Crippen LogP contribution in [0.5, 0.6) is 0 Å². The van der Waals surface area contributed by atoms with Gasteiger partial charge in [-0.1, -0.05) is 17.7 Å². The van der Waals surface area contributed by atoms with Gasteiger partial charge in [0.2, 0.25) is 0 Å². The molecule has 0 saturated heterocycles. The van der Waals surface area contributed by atoms with Crippen molar-refractivity contribution in [2.45, 2.75) is 12.3 Å². The Hall–Kier alpha value is -0.780. The summed E-state index contributed by atoms with van der Waals surface area (Å²) < 4.78 is 37.4. The van der Waals surface area contributed by atoms with E-state index < -0.39 is 30.0 Å². The van der Waals surface area contributed by atoms with Crippen LogP contribution in [0.4, 0.5) is 13.2 Å². The fourth-order valence-electron chi connectivity index (χ4n) is 1.21. The fraction of sp³-hybridized carbons (Fsp3) is 0.333. The van der Waals surface area contributed by atoms with Gasteiger partial charge in [-0.3, -0.25) is 0 Å². The third kappa shape index (κ3) is 2.62. The van der Waals surface area contributed by atoms with E-state index in [1.165, 1.54) is 6.07 Å².